The lowest BCUT2D eigenvalue weighted by Gasteiger charge is -2.18. The van der Waals surface area contributed by atoms with Gasteiger partial charge in [0.1, 0.15) is 5.52 Å². The van der Waals surface area contributed by atoms with Gasteiger partial charge in [-0.2, -0.15) is 13.9 Å². The lowest BCUT2D eigenvalue weighted by Crippen LogP contribution is -2.35. The van der Waals surface area contributed by atoms with E-state index >= 15 is 0 Å². The fourth-order valence-electron chi connectivity index (χ4n) is 2.02. The van der Waals surface area contributed by atoms with E-state index in [0.717, 1.165) is 16.2 Å². The van der Waals surface area contributed by atoms with Gasteiger partial charge < -0.3 is 11.1 Å². The predicted octanol–water partition coefficient (Wildman–Crippen LogP) is 4.57. The summed E-state index contributed by atoms with van der Waals surface area (Å²) in [6.45, 7) is 1.89. The minimum atomic E-state index is -3.13. The van der Waals surface area contributed by atoms with Crippen LogP contribution in [0.5, 0.6) is 0 Å². The van der Waals surface area contributed by atoms with Crippen LogP contribution in [-0.2, 0) is 12.5 Å². The number of nitrogens with two attached hydrogens (primary N) is 1. The first-order valence-corrected chi connectivity index (χ1v) is 9.24. The molecule has 3 heterocycles. The van der Waals surface area contributed by atoms with Crippen LogP contribution in [0.1, 0.15) is 16.7 Å². The summed E-state index contributed by atoms with van der Waals surface area (Å²) >= 11 is 5.83. The first kappa shape index (κ1) is 16.7. The largest absolute Gasteiger partial charge is 0.378 e. The molecule has 0 unspecified atom stereocenters. The Hall–Kier alpha value is -1.16. The zero-order valence-corrected chi connectivity index (χ0v) is 15.2. The fourth-order valence-corrected chi connectivity index (χ4v) is 4.77. The molecule has 3 N–H and O–H groups in total. The fraction of sp³-hybridized carbons (Fsp3) is 0.286. The molecule has 0 aliphatic rings. The number of rotatable bonds is 5. The molecule has 0 radical (unpaired) electrons. The number of hydrogen-bond donors (Lipinski definition) is 2. The molecule has 0 fully saturated rings. The van der Waals surface area contributed by atoms with E-state index in [1.807, 2.05) is 17.5 Å². The highest BCUT2D eigenvalue weighted by atomic mass is 79.9. The van der Waals surface area contributed by atoms with Crippen LogP contribution in [0.15, 0.2) is 28.2 Å². The Balaban J connectivity index is 2.01. The molecule has 0 aromatic carbocycles. The van der Waals surface area contributed by atoms with Crippen LogP contribution in [0.4, 0.5) is 14.5 Å². The number of nitrogens with zero attached hydrogens (tertiary/aromatic N) is 2. The number of halogens is 3. The van der Waals surface area contributed by atoms with Crippen LogP contribution >= 0.6 is 38.6 Å². The van der Waals surface area contributed by atoms with Crippen molar-refractivity contribution < 1.29 is 8.78 Å². The van der Waals surface area contributed by atoms with E-state index in [0.29, 0.717) is 22.4 Å². The van der Waals surface area contributed by atoms with E-state index in [2.05, 4.69) is 31.4 Å². The maximum absolute atomic E-state index is 14.3. The Labute approximate surface area is 147 Å². The summed E-state index contributed by atoms with van der Waals surface area (Å²) in [5.74, 6) is -3.13. The molecule has 0 saturated carbocycles. The molecule has 3 aromatic heterocycles. The second kappa shape index (κ2) is 6.39. The quantitative estimate of drug-likeness (QED) is 0.636. The zero-order valence-electron chi connectivity index (χ0n) is 12.0. The van der Waals surface area contributed by atoms with Gasteiger partial charge in [-0.25, -0.2) is 0 Å². The minimum absolute atomic E-state index is 0.123. The summed E-state index contributed by atoms with van der Waals surface area (Å²) in [7, 11) is 0. The molecule has 1 atom stereocenters. The van der Waals surface area contributed by atoms with E-state index < -0.39 is 12.0 Å². The molecule has 23 heavy (non-hydrogen) atoms. The summed E-state index contributed by atoms with van der Waals surface area (Å²) in [5.41, 5.74) is 6.54. The van der Waals surface area contributed by atoms with Crippen LogP contribution in [0.3, 0.4) is 0 Å². The third-order valence-corrected chi connectivity index (χ3v) is 6.53. The van der Waals surface area contributed by atoms with E-state index in [1.165, 1.54) is 6.92 Å². The molecule has 0 aliphatic heterocycles. The van der Waals surface area contributed by atoms with Gasteiger partial charge >= 0.3 is 0 Å². The van der Waals surface area contributed by atoms with Gasteiger partial charge in [0.15, 0.2) is 0 Å². The number of thiophene rings is 2. The van der Waals surface area contributed by atoms with Crippen LogP contribution < -0.4 is 11.1 Å². The lowest BCUT2D eigenvalue weighted by atomic mass is 10.1. The summed E-state index contributed by atoms with van der Waals surface area (Å²) in [5, 5.41) is 13.1. The van der Waals surface area contributed by atoms with Crippen molar-refractivity contribution in [3.8, 4) is 0 Å². The molecule has 9 heteroatoms. The number of anilines is 1. The molecule has 0 amide bonds. The van der Waals surface area contributed by atoms with Crippen molar-refractivity contribution in [2.75, 3.05) is 5.32 Å². The van der Waals surface area contributed by atoms with Gasteiger partial charge in [0.2, 0.25) is 0 Å². The summed E-state index contributed by atoms with van der Waals surface area (Å²) in [4.78, 5) is 1.02. The van der Waals surface area contributed by atoms with E-state index in [4.69, 9.17) is 5.73 Å². The second-order valence-corrected chi connectivity index (χ2v) is 7.87. The second-order valence-electron chi connectivity index (χ2n) is 5.03. The van der Waals surface area contributed by atoms with Crippen molar-refractivity contribution in [1.82, 2.24) is 10.2 Å². The molecule has 0 spiro atoms. The van der Waals surface area contributed by atoms with Crippen LogP contribution in [-0.4, -0.2) is 16.2 Å². The molecule has 3 aromatic rings. The van der Waals surface area contributed by atoms with Gasteiger partial charge in [-0.3, -0.25) is 0 Å². The van der Waals surface area contributed by atoms with Gasteiger partial charge in [0, 0.05) is 11.4 Å². The van der Waals surface area contributed by atoms with Gasteiger partial charge in [-0.05, 0) is 34.3 Å². The summed E-state index contributed by atoms with van der Waals surface area (Å²) < 4.78 is 29.5. The number of alkyl halides is 2. The Morgan fingerprint density at radius 1 is 1.48 bits per heavy atom. The summed E-state index contributed by atoms with van der Waals surface area (Å²) in [6, 6.07) is 2.68. The Bertz CT molecular complexity index is 818. The maximum Gasteiger partial charge on any atom is 0.297 e. The zero-order chi connectivity index (χ0) is 16.6. The Morgan fingerprint density at radius 2 is 2.26 bits per heavy atom. The highest BCUT2D eigenvalue weighted by Crippen LogP contribution is 2.46. The predicted molar refractivity (Wildman–Crippen MR) is 94.3 cm³/mol. The molecule has 0 bridgehead atoms. The van der Waals surface area contributed by atoms with Crippen LogP contribution in [0.2, 0.25) is 0 Å². The van der Waals surface area contributed by atoms with E-state index in [9.17, 15) is 8.78 Å². The molecule has 4 nitrogen and oxygen atoms in total. The summed E-state index contributed by atoms with van der Waals surface area (Å²) in [6.07, 6.45) is 1.55. The first-order chi connectivity index (χ1) is 10.9. The van der Waals surface area contributed by atoms with Crippen molar-refractivity contribution in [3.63, 3.8) is 0 Å². The topological polar surface area (TPSA) is 63.8 Å². The van der Waals surface area contributed by atoms with Crippen LogP contribution in [0.25, 0.3) is 10.2 Å². The standard InChI is InChI=1S/C14H13BrF2N4S2/c1-7(18)14(16,17)13-10(15)11-12(23-13)9(6-20-21-11)19-5-8-3-2-4-22-8/h2-4,6-7H,5,18H2,1H3,(H,19,21)/t7-/m0/s1. The normalized spacial score (nSPS) is 13.4. The monoisotopic (exact) mass is 418 g/mol. The highest BCUT2D eigenvalue weighted by molar-refractivity contribution is 9.10. The van der Waals surface area contributed by atoms with Crippen molar-refractivity contribution in [1.29, 1.82) is 0 Å². The van der Waals surface area contributed by atoms with Crippen molar-refractivity contribution in [2.24, 2.45) is 5.73 Å². The van der Waals surface area contributed by atoms with Crippen molar-refractivity contribution >= 4 is 54.5 Å². The SMILES string of the molecule is C[C@H](N)C(F)(F)c1sc2c(NCc3cccs3)cnnc2c1Br. The van der Waals surface area contributed by atoms with E-state index in [1.54, 1.807) is 17.5 Å². The van der Waals surface area contributed by atoms with Crippen molar-refractivity contribution in [3.05, 3.63) is 37.9 Å². The minimum Gasteiger partial charge on any atom is -0.378 e. The Morgan fingerprint density at radius 3 is 2.91 bits per heavy atom. The molecule has 0 aliphatic carbocycles. The third kappa shape index (κ3) is 3.10. The van der Waals surface area contributed by atoms with Gasteiger partial charge in [-0.15, -0.1) is 27.8 Å². The highest BCUT2D eigenvalue weighted by Gasteiger charge is 2.41. The molecule has 3 rings (SSSR count). The van der Waals surface area contributed by atoms with E-state index in [-0.39, 0.29) is 9.35 Å². The smallest absolute Gasteiger partial charge is 0.297 e. The first-order valence-electron chi connectivity index (χ1n) is 6.75. The molecule has 0 saturated heterocycles. The Kier molecular flexibility index (Phi) is 4.63. The van der Waals surface area contributed by atoms with Gasteiger partial charge in [-0.1, -0.05) is 6.07 Å². The lowest BCUT2D eigenvalue weighted by molar-refractivity contribution is -0.0224. The van der Waals surface area contributed by atoms with Gasteiger partial charge in [0.25, 0.3) is 5.92 Å². The average molecular weight is 419 g/mol. The number of hydrogen-bond acceptors (Lipinski definition) is 6. The van der Waals surface area contributed by atoms with Gasteiger partial charge in [0.05, 0.1) is 32.0 Å². The molecular formula is C14H13BrF2N4S2. The molecule has 122 valence electrons. The molecular weight excluding hydrogens is 406 g/mol. The third-order valence-electron chi connectivity index (χ3n) is 3.32. The van der Waals surface area contributed by atoms with Crippen LogP contribution in [0, 0.1) is 0 Å². The number of fused-ring (bicyclic) bond motifs is 1. The average Bonchev–Trinajstić information content (AvgIpc) is 3.14. The number of aromatic nitrogens is 2. The maximum atomic E-state index is 14.3. The number of nitrogens with one attached hydrogen (secondary N) is 1. The van der Waals surface area contributed by atoms with Crippen molar-refractivity contribution in [2.45, 2.75) is 25.4 Å².